The molecule has 0 aliphatic heterocycles. The Morgan fingerprint density at radius 1 is 1.17 bits per heavy atom. The Labute approximate surface area is 140 Å². The van der Waals surface area contributed by atoms with Crippen LogP contribution < -0.4 is 15.6 Å². The third-order valence-corrected chi connectivity index (χ3v) is 3.20. The minimum Gasteiger partial charge on any atom is -0.491 e. The monoisotopic (exact) mass is 331 g/mol. The summed E-state index contributed by atoms with van der Waals surface area (Å²) in [4.78, 5) is 23.9. The van der Waals surface area contributed by atoms with Crippen molar-refractivity contribution >= 4 is 11.6 Å². The summed E-state index contributed by atoms with van der Waals surface area (Å²) >= 11 is 0. The number of carbonyl (C=O) groups excluding carboxylic acids is 1. The van der Waals surface area contributed by atoms with Gasteiger partial charge in [0.15, 0.2) is 0 Å². The lowest BCUT2D eigenvalue weighted by Gasteiger charge is -2.09. The van der Waals surface area contributed by atoms with Crippen LogP contribution in [0.1, 0.15) is 23.8 Å². The first-order chi connectivity index (χ1) is 11.6. The molecule has 24 heavy (non-hydrogen) atoms. The van der Waals surface area contributed by atoms with Crippen LogP contribution >= 0.6 is 0 Å². The smallest absolute Gasteiger partial charge is 0.276 e. The van der Waals surface area contributed by atoms with Gasteiger partial charge in [0.05, 0.1) is 6.61 Å². The van der Waals surface area contributed by atoms with Crippen molar-refractivity contribution < 1.29 is 14.3 Å². The summed E-state index contributed by atoms with van der Waals surface area (Å²) in [5, 5.41) is 6.82. The Morgan fingerprint density at radius 2 is 1.92 bits per heavy atom. The van der Waals surface area contributed by atoms with Gasteiger partial charge >= 0.3 is 0 Å². The van der Waals surface area contributed by atoms with Crippen LogP contribution in [0.25, 0.3) is 0 Å². The van der Waals surface area contributed by atoms with Crippen LogP contribution in [0.4, 0.5) is 5.69 Å². The van der Waals surface area contributed by atoms with Crippen LogP contribution in [0.15, 0.2) is 41.2 Å². The lowest BCUT2D eigenvalue weighted by atomic mass is 10.3. The van der Waals surface area contributed by atoms with E-state index in [9.17, 15) is 9.59 Å². The number of rotatable bonds is 8. The summed E-state index contributed by atoms with van der Waals surface area (Å²) in [5.41, 5.74) is 0.601. The average Bonchev–Trinajstić information content (AvgIpc) is 2.59. The van der Waals surface area contributed by atoms with Gasteiger partial charge in [-0.05, 0) is 36.8 Å². The second kappa shape index (κ2) is 8.83. The number of aryl methyl sites for hydroxylation is 1. The number of nitrogens with one attached hydrogen (secondary N) is 1. The quantitative estimate of drug-likeness (QED) is 0.747. The molecule has 1 N–H and O–H groups in total. The first kappa shape index (κ1) is 17.7. The highest BCUT2D eigenvalue weighted by Gasteiger charge is 2.10. The van der Waals surface area contributed by atoms with Gasteiger partial charge in [0, 0.05) is 25.4 Å². The Morgan fingerprint density at radius 3 is 2.58 bits per heavy atom. The van der Waals surface area contributed by atoms with E-state index in [-0.39, 0.29) is 17.2 Å². The number of methoxy groups -OCH3 is 1. The van der Waals surface area contributed by atoms with E-state index in [0.29, 0.717) is 31.2 Å². The van der Waals surface area contributed by atoms with Crippen molar-refractivity contribution in [2.24, 2.45) is 0 Å². The minimum atomic E-state index is -0.368. The fourth-order valence-corrected chi connectivity index (χ4v) is 2.01. The highest BCUT2D eigenvalue weighted by atomic mass is 16.5. The summed E-state index contributed by atoms with van der Waals surface area (Å²) in [6, 6.07) is 9.77. The van der Waals surface area contributed by atoms with Crippen LogP contribution in [-0.2, 0) is 11.3 Å². The van der Waals surface area contributed by atoms with Crippen molar-refractivity contribution in [3.05, 3.63) is 52.4 Å². The number of amides is 1. The molecule has 2 rings (SSSR count). The largest absolute Gasteiger partial charge is 0.491 e. The maximum Gasteiger partial charge on any atom is 0.276 e. The molecule has 1 aromatic carbocycles. The van der Waals surface area contributed by atoms with Gasteiger partial charge in [-0.2, -0.15) is 5.10 Å². The molecule has 0 unspecified atom stereocenters. The predicted octanol–water partition coefficient (Wildman–Crippen LogP) is 1.93. The van der Waals surface area contributed by atoms with Gasteiger partial charge in [-0.25, -0.2) is 4.68 Å². The van der Waals surface area contributed by atoms with E-state index in [1.54, 1.807) is 31.4 Å². The third-order valence-electron chi connectivity index (χ3n) is 3.20. The van der Waals surface area contributed by atoms with Gasteiger partial charge in [-0.3, -0.25) is 9.59 Å². The van der Waals surface area contributed by atoms with E-state index in [1.165, 1.54) is 16.8 Å². The molecule has 0 fully saturated rings. The zero-order valence-electron chi connectivity index (χ0n) is 13.8. The van der Waals surface area contributed by atoms with Crippen LogP contribution in [0.5, 0.6) is 5.75 Å². The second-order valence-corrected chi connectivity index (χ2v) is 5.10. The molecule has 7 nitrogen and oxygen atoms in total. The molecular weight excluding hydrogens is 310 g/mol. The third kappa shape index (κ3) is 4.92. The molecule has 0 saturated carbocycles. The SMILES string of the molecule is CCCn1nc(C(=O)Nc2ccc(OCCOC)cc2)ccc1=O. The molecule has 0 spiro atoms. The molecule has 128 valence electrons. The van der Waals surface area contributed by atoms with E-state index in [1.807, 2.05) is 6.92 Å². The summed E-state index contributed by atoms with van der Waals surface area (Å²) < 4.78 is 11.7. The van der Waals surface area contributed by atoms with Gasteiger partial charge in [-0.1, -0.05) is 6.92 Å². The van der Waals surface area contributed by atoms with Crippen LogP contribution in [-0.4, -0.2) is 36.0 Å². The van der Waals surface area contributed by atoms with Gasteiger partial charge in [0.2, 0.25) is 0 Å². The van der Waals surface area contributed by atoms with Crippen molar-refractivity contribution in [1.29, 1.82) is 0 Å². The molecule has 0 aliphatic carbocycles. The zero-order chi connectivity index (χ0) is 17.4. The molecule has 1 amide bonds. The Hall–Kier alpha value is -2.67. The van der Waals surface area contributed by atoms with E-state index < -0.39 is 0 Å². The van der Waals surface area contributed by atoms with E-state index in [0.717, 1.165) is 6.42 Å². The molecule has 7 heteroatoms. The number of ether oxygens (including phenoxy) is 2. The van der Waals surface area contributed by atoms with E-state index >= 15 is 0 Å². The number of aromatic nitrogens is 2. The van der Waals surface area contributed by atoms with Crippen molar-refractivity contribution in [3.8, 4) is 5.75 Å². The molecule has 0 bridgehead atoms. The van der Waals surface area contributed by atoms with Crippen molar-refractivity contribution in [3.63, 3.8) is 0 Å². The molecule has 1 aromatic heterocycles. The van der Waals surface area contributed by atoms with Crippen molar-refractivity contribution in [1.82, 2.24) is 9.78 Å². The predicted molar refractivity (Wildman–Crippen MR) is 90.6 cm³/mol. The van der Waals surface area contributed by atoms with Gasteiger partial charge < -0.3 is 14.8 Å². The molecule has 0 saturated heterocycles. The fourth-order valence-electron chi connectivity index (χ4n) is 2.01. The van der Waals surface area contributed by atoms with Crippen LogP contribution in [0, 0.1) is 0 Å². The topological polar surface area (TPSA) is 82.5 Å². The zero-order valence-corrected chi connectivity index (χ0v) is 13.8. The standard InChI is InChI=1S/C17H21N3O4/c1-3-10-20-16(21)9-8-15(19-20)17(22)18-13-4-6-14(7-5-13)24-12-11-23-2/h4-9H,3,10-12H2,1-2H3,(H,18,22). The number of carbonyl (C=O) groups is 1. The average molecular weight is 331 g/mol. The molecule has 0 radical (unpaired) electrons. The molecule has 2 aromatic rings. The number of hydrogen-bond donors (Lipinski definition) is 1. The summed E-state index contributed by atoms with van der Waals surface area (Å²) in [6.45, 7) is 3.40. The Balaban J connectivity index is 2.01. The van der Waals surface area contributed by atoms with Crippen molar-refractivity contribution in [2.75, 3.05) is 25.6 Å². The minimum absolute atomic E-state index is 0.198. The number of hydrogen-bond acceptors (Lipinski definition) is 5. The van der Waals surface area contributed by atoms with E-state index in [2.05, 4.69) is 10.4 Å². The Bertz CT molecular complexity index is 725. The fraction of sp³-hybridized carbons (Fsp3) is 0.353. The molecule has 1 heterocycles. The lowest BCUT2D eigenvalue weighted by molar-refractivity contribution is 0.101. The summed E-state index contributed by atoms with van der Waals surface area (Å²) in [6.07, 6.45) is 0.766. The number of anilines is 1. The normalized spacial score (nSPS) is 10.4. The summed E-state index contributed by atoms with van der Waals surface area (Å²) in [5.74, 6) is 0.326. The molecule has 0 aliphatic rings. The first-order valence-corrected chi connectivity index (χ1v) is 7.75. The van der Waals surface area contributed by atoms with Crippen LogP contribution in [0.3, 0.4) is 0 Å². The van der Waals surface area contributed by atoms with Gasteiger partial charge in [0.1, 0.15) is 18.1 Å². The first-order valence-electron chi connectivity index (χ1n) is 7.75. The lowest BCUT2D eigenvalue weighted by Crippen LogP contribution is -2.26. The second-order valence-electron chi connectivity index (χ2n) is 5.10. The number of benzene rings is 1. The van der Waals surface area contributed by atoms with Crippen LogP contribution in [0.2, 0.25) is 0 Å². The van der Waals surface area contributed by atoms with Gasteiger partial charge in [0.25, 0.3) is 11.5 Å². The maximum atomic E-state index is 12.2. The Kier molecular flexibility index (Phi) is 6.51. The molecular formula is C17H21N3O4. The highest BCUT2D eigenvalue weighted by Crippen LogP contribution is 2.16. The maximum absolute atomic E-state index is 12.2. The number of nitrogens with zero attached hydrogens (tertiary/aromatic N) is 2. The highest BCUT2D eigenvalue weighted by molar-refractivity contribution is 6.02. The van der Waals surface area contributed by atoms with Gasteiger partial charge in [-0.15, -0.1) is 0 Å². The molecule has 0 atom stereocenters. The van der Waals surface area contributed by atoms with E-state index in [4.69, 9.17) is 9.47 Å². The van der Waals surface area contributed by atoms with Crippen molar-refractivity contribution in [2.45, 2.75) is 19.9 Å². The summed E-state index contributed by atoms with van der Waals surface area (Å²) in [7, 11) is 1.61.